The van der Waals surface area contributed by atoms with Crippen molar-refractivity contribution in [1.29, 1.82) is 0 Å². The van der Waals surface area contributed by atoms with Crippen molar-refractivity contribution in [2.75, 3.05) is 6.54 Å². The van der Waals surface area contributed by atoms with Crippen molar-refractivity contribution in [2.24, 2.45) is 0 Å². The third-order valence-electron chi connectivity index (χ3n) is 3.38. The van der Waals surface area contributed by atoms with Crippen LogP contribution in [0.25, 0.3) is 0 Å². The van der Waals surface area contributed by atoms with Crippen LogP contribution in [0.3, 0.4) is 0 Å². The minimum Gasteiger partial charge on any atom is -0.446 e. The molecule has 0 radical (unpaired) electrons. The lowest BCUT2D eigenvalue weighted by atomic mass is 9.99. The first-order valence-electron chi connectivity index (χ1n) is 7.66. The quantitative estimate of drug-likeness (QED) is 0.772. The summed E-state index contributed by atoms with van der Waals surface area (Å²) in [6, 6.07) is 8.29. The van der Waals surface area contributed by atoms with E-state index in [4.69, 9.17) is 4.74 Å². The normalized spacial score (nSPS) is 11.9. The summed E-state index contributed by atoms with van der Waals surface area (Å²) in [4.78, 5) is 11.7. The van der Waals surface area contributed by atoms with Gasteiger partial charge in [-0.05, 0) is 30.9 Å². The smallest absolute Gasteiger partial charge is 0.407 e. The SMILES string of the molecule is CCCC[C@@H](Cc1ccccc1C)OC(=O)NCCC. The zero-order valence-electron chi connectivity index (χ0n) is 12.9. The van der Waals surface area contributed by atoms with Gasteiger partial charge in [0, 0.05) is 13.0 Å². The van der Waals surface area contributed by atoms with E-state index in [2.05, 4.69) is 31.3 Å². The largest absolute Gasteiger partial charge is 0.446 e. The van der Waals surface area contributed by atoms with Crippen molar-refractivity contribution in [1.82, 2.24) is 5.32 Å². The van der Waals surface area contributed by atoms with E-state index in [-0.39, 0.29) is 12.2 Å². The molecule has 1 aromatic rings. The molecule has 0 unspecified atom stereocenters. The maximum atomic E-state index is 11.7. The first kappa shape index (κ1) is 16.5. The molecular weight excluding hydrogens is 250 g/mol. The average Bonchev–Trinajstić information content (AvgIpc) is 2.45. The van der Waals surface area contributed by atoms with Crippen LogP contribution in [0.1, 0.15) is 50.7 Å². The van der Waals surface area contributed by atoms with Crippen molar-refractivity contribution < 1.29 is 9.53 Å². The summed E-state index contributed by atoms with van der Waals surface area (Å²) in [7, 11) is 0. The fraction of sp³-hybridized carbons (Fsp3) is 0.588. The summed E-state index contributed by atoms with van der Waals surface area (Å²) in [6.45, 7) is 6.96. The van der Waals surface area contributed by atoms with E-state index in [0.29, 0.717) is 6.54 Å². The lowest BCUT2D eigenvalue weighted by molar-refractivity contribution is 0.0912. The van der Waals surface area contributed by atoms with Crippen LogP contribution >= 0.6 is 0 Å². The van der Waals surface area contributed by atoms with Crippen LogP contribution in [0.4, 0.5) is 4.79 Å². The van der Waals surface area contributed by atoms with Crippen LogP contribution in [-0.4, -0.2) is 18.7 Å². The van der Waals surface area contributed by atoms with E-state index >= 15 is 0 Å². The fourth-order valence-electron chi connectivity index (χ4n) is 2.14. The third kappa shape index (κ3) is 6.09. The van der Waals surface area contributed by atoms with Gasteiger partial charge in [-0.1, -0.05) is 51.0 Å². The molecule has 0 aliphatic carbocycles. The van der Waals surface area contributed by atoms with Gasteiger partial charge in [0.2, 0.25) is 0 Å². The van der Waals surface area contributed by atoms with Crippen LogP contribution in [0.15, 0.2) is 24.3 Å². The second kappa shape index (κ2) is 9.40. The van der Waals surface area contributed by atoms with Crippen molar-refractivity contribution >= 4 is 6.09 Å². The number of nitrogens with one attached hydrogen (secondary N) is 1. The molecule has 1 rings (SSSR count). The highest BCUT2D eigenvalue weighted by atomic mass is 16.6. The molecule has 1 atom stereocenters. The standard InChI is InChI=1S/C17H27NO2/c1-4-6-11-16(20-17(19)18-12-5-2)13-15-10-8-7-9-14(15)3/h7-10,16H,4-6,11-13H2,1-3H3,(H,18,19)/t16-/m0/s1. The molecule has 0 saturated heterocycles. The monoisotopic (exact) mass is 277 g/mol. The Labute approximate surface area is 122 Å². The van der Waals surface area contributed by atoms with Crippen molar-refractivity contribution in [3.63, 3.8) is 0 Å². The number of carbonyl (C=O) groups excluding carboxylic acids is 1. The van der Waals surface area contributed by atoms with Crippen molar-refractivity contribution in [3.8, 4) is 0 Å². The Morgan fingerprint density at radius 1 is 1.25 bits per heavy atom. The summed E-state index contributed by atoms with van der Waals surface area (Å²) in [5.41, 5.74) is 2.52. The van der Waals surface area contributed by atoms with Gasteiger partial charge < -0.3 is 10.1 Å². The summed E-state index contributed by atoms with van der Waals surface area (Å²) < 4.78 is 5.56. The van der Waals surface area contributed by atoms with E-state index in [9.17, 15) is 4.79 Å². The van der Waals surface area contributed by atoms with Gasteiger partial charge in [0.25, 0.3) is 0 Å². The molecule has 0 heterocycles. The summed E-state index contributed by atoms with van der Waals surface area (Å²) in [5, 5.41) is 2.78. The number of ether oxygens (including phenoxy) is 1. The molecule has 0 bridgehead atoms. The Balaban J connectivity index is 2.59. The molecule has 0 aliphatic heterocycles. The topological polar surface area (TPSA) is 38.3 Å². The van der Waals surface area contributed by atoms with Crippen LogP contribution in [0.5, 0.6) is 0 Å². The third-order valence-corrected chi connectivity index (χ3v) is 3.38. The lowest BCUT2D eigenvalue weighted by Crippen LogP contribution is -2.30. The Kier molecular flexibility index (Phi) is 7.78. The molecule has 0 fully saturated rings. The van der Waals surface area contributed by atoms with Gasteiger partial charge in [-0.15, -0.1) is 0 Å². The van der Waals surface area contributed by atoms with E-state index < -0.39 is 0 Å². The number of hydrogen-bond acceptors (Lipinski definition) is 2. The van der Waals surface area contributed by atoms with Crippen LogP contribution in [0, 0.1) is 6.92 Å². The Hall–Kier alpha value is -1.51. The number of benzene rings is 1. The number of unbranched alkanes of at least 4 members (excludes halogenated alkanes) is 1. The van der Waals surface area contributed by atoms with Crippen molar-refractivity contribution in [2.45, 2.75) is 59.0 Å². The molecule has 0 spiro atoms. The predicted molar refractivity (Wildman–Crippen MR) is 83.0 cm³/mol. The second-order valence-corrected chi connectivity index (χ2v) is 5.23. The molecule has 20 heavy (non-hydrogen) atoms. The Morgan fingerprint density at radius 3 is 2.65 bits per heavy atom. The highest BCUT2D eigenvalue weighted by Gasteiger charge is 2.15. The summed E-state index contributed by atoms with van der Waals surface area (Å²) >= 11 is 0. The van der Waals surface area contributed by atoms with Gasteiger partial charge in [0.15, 0.2) is 0 Å². The first-order valence-corrected chi connectivity index (χ1v) is 7.66. The molecule has 1 aromatic carbocycles. The number of alkyl carbamates (subject to hydrolysis) is 1. The molecule has 0 saturated carbocycles. The maximum Gasteiger partial charge on any atom is 0.407 e. The number of aryl methyl sites for hydroxylation is 1. The molecule has 0 aromatic heterocycles. The Morgan fingerprint density at radius 2 is 2.00 bits per heavy atom. The van der Waals surface area contributed by atoms with E-state index in [1.807, 2.05) is 19.1 Å². The van der Waals surface area contributed by atoms with Gasteiger partial charge in [-0.2, -0.15) is 0 Å². The van der Waals surface area contributed by atoms with Gasteiger partial charge >= 0.3 is 6.09 Å². The number of amides is 1. The molecule has 0 aliphatic rings. The predicted octanol–water partition coefficient (Wildman–Crippen LogP) is 4.23. The van der Waals surface area contributed by atoms with Crippen LogP contribution < -0.4 is 5.32 Å². The zero-order chi connectivity index (χ0) is 14.8. The average molecular weight is 277 g/mol. The van der Waals surface area contributed by atoms with Crippen LogP contribution in [0.2, 0.25) is 0 Å². The summed E-state index contributed by atoms with van der Waals surface area (Å²) in [6.07, 6.45) is 4.51. The highest BCUT2D eigenvalue weighted by molar-refractivity contribution is 5.67. The van der Waals surface area contributed by atoms with E-state index in [0.717, 1.165) is 32.1 Å². The highest BCUT2D eigenvalue weighted by Crippen LogP contribution is 2.15. The summed E-state index contributed by atoms with van der Waals surface area (Å²) in [5.74, 6) is 0. The van der Waals surface area contributed by atoms with Crippen molar-refractivity contribution in [3.05, 3.63) is 35.4 Å². The second-order valence-electron chi connectivity index (χ2n) is 5.23. The fourth-order valence-corrected chi connectivity index (χ4v) is 2.14. The van der Waals surface area contributed by atoms with Gasteiger partial charge in [0.1, 0.15) is 6.10 Å². The molecule has 1 N–H and O–H groups in total. The molecule has 112 valence electrons. The minimum atomic E-state index is -0.290. The zero-order valence-corrected chi connectivity index (χ0v) is 12.9. The molecule has 3 heteroatoms. The number of hydrogen-bond donors (Lipinski definition) is 1. The van der Waals surface area contributed by atoms with Gasteiger partial charge in [-0.3, -0.25) is 0 Å². The maximum absolute atomic E-state index is 11.7. The van der Waals surface area contributed by atoms with Gasteiger partial charge in [0.05, 0.1) is 0 Å². The molecule has 3 nitrogen and oxygen atoms in total. The molecule has 1 amide bonds. The van der Waals surface area contributed by atoms with Crippen LogP contribution in [-0.2, 0) is 11.2 Å². The lowest BCUT2D eigenvalue weighted by Gasteiger charge is -2.19. The Bertz CT molecular complexity index is 404. The molecular formula is C17H27NO2. The number of carbonyl (C=O) groups is 1. The first-order chi connectivity index (χ1) is 9.67. The van der Waals surface area contributed by atoms with E-state index in [1.54, 1.807) is 0 Å². The minimum absolute atomic E-state index is 0.0343. The van der Waals surface area contributed by atoms with Gasteiger partial charge in [-0.25, -0.2) is 4.79 Å². The number of rotatable bonds is 8. The van der Waals surface area contributed by atoms with E-state index in [1.165, 1.54) is 11.1 Å².